The molecule has 0 radical (unpaired) electrons. The Balaban J connectivity index is 2.47. The van der Waals surface area contributed by atoms with Crippen molar-refractivity contribution >= 4 is 5.91 Å². The number of amides is 1. The van der Waals surface area contributed by atoms with E-state index in [9.17, 15) is 9.18 Å². The van der Waals surface area contributed by atoms with Gasteiger partial charge in [0, 0.05) is 19.2 Å². The van der Waals surface area contributed by atoms with Crippen LogP contribution in [0.4, 0.5) is 4.39 Å². The summed E-state index contributed by atoms with van der Waals surface area (Å²) < 4.78 is 18.4. The zero-order valence-corrected chi connectivity index (χ0v) is 12.1. The molecule has 112 valence electrons. The van der Waals surface area contributed by atoms with Crippen LogP contribution in [-0.2, 0) is 4.79 Å². The number of hydrogen-bond donors (Lipinski definition) is 2. The van der Waals surface area contributed by atoms with Crippen molar-refractivity contribution in [2.75, 3.05) is 13.2 Å². The maximum Gasteiger partial charge on any atom is 0.260 e. The zero-order valence-electron chi connectivity index (χ0n) is 12.1. The van der Waals surface area contributed by atoms with Crippen LogP contribution in [0.3, 0.4) is 0 Å². The fraction of sp³-hybridized carbons (Fsp3) is 0.533. The molecular weight excluding hydrogens is 261 g/mol. The van der Waals surface area contributed by atoms with E-state index in [1.54, 1.807) is 13.0 Å². The van der Waals surface area contributed by atoms with Crippen LogP contribution < -0.4 is 10.1 Å². The molecule has 4 nitrogen and oxygen atoms in total. The average Bonchev–Trinajstić information content (AvgIpc) is 2.36. The van der Waals surface area contributed by atoms with Crippen molar-refractivity contribution in [2.45, 2.75) is 33.3 Å². The molecule has 0 fully saturated rings. The van der Waals surface area contributed by atoms with E-state index in [4.69, 9.17) is 9.84 Å². The fourth-order valence-electron chi connectivity index (χ4n) is 1.66. The third-order valence-corrected chi connectivity index (χ3v) is 3.01. The number of ether oxygens (including phenoxy) is 1. The van der Waals surface area contributed by atoms with E-state index in [1.807, 2.05) is 13.8 Å². The highest BCUT2D eigenvalue weighted by Gasteiger charge is 2.21. The Morgan fingerprint density at radius 1 is 1.50 bits per heavy atom. The van der Waals surface area contributed by atoms with Crippen molar-refractivity contribution < 1.29 is 19.0 Å². The summed E-state index contributed by atoms with van der Waals surface area (Å²) in [5, 5.41) is 11.7. The van der Waals surface area contributed by atoms with Crippen LogP contribution in [0.2, 0.25) is 0 Å². The lowest BCUT2D eigenvalue weighted by Crippen LogP contribution is -2.41. The van der Waals surface area contributed by atoms with Crippen LogP contribution in [-0.4, -0.2) is 30.3 Å². The predicted molar refractivity (Wildman–Crippen MR) is 75.0 cm³/mol. The van der Waals surface area contributed by atoms with E-state index in [0.717, 1.165) is 0 Å². The summed E-state index contributed by atoms with van der Waals surface area (Å²) in [5.41, 5.74) is -0.178. The number of aliphatic hydroxyl groups excluding tert-OH is 1. The largest absolute Gasteiger partial charge is 0.481 e. The van der Waals surface area contributed by atoms with Gasteiger partial charge < -0.3 is 15.2 Å². The van der Waals surface area contributed by atoms with Crippen LogP contribution in [0.5, 0.6) is 5.75 Å². The Kier molecular flexibility index (Phi) is 5.95. The number of nitrogens with one attached hydrogen (secondary N) is 1. The van der Waals surface area contributed by atoms with Crippen LogP contribution in [0, 0.1) is 11.2 Å². The van der Waals surface area contributed by atoms with Crippen molar-refractivity contribution in [3.63, 3.8) is 0 Å². The maximum atomic E-state index is 13.0. The molecule has 1 amide bonds. The number of benzene rings is 1. The van der Waals surface area contributed by atoms with Gasteiger partial charge in [0.15, 0.2) is 6.10 Å². The van der Waals surface area contributed by atoms with Crippen molar-refractivity contribution in [3.05, 3.63) is 30.1 Å². The molecule has 5 heteroatoms. The summed E-state index contributed by atoms with van der Waals surface area (Å²) in [6.45, 7) is 6.06. The molecule has 0 aliphatic rings. The molecular formula is C15H22FNO3. The molecule has 0 saturated carbocycles. The number of rotatable bonds is 7. The second kappa shape index (κ2) is 7.24. The SMILES string of the molecule is CC(Oc1cccc(F)c1)C(=O)NCC(C)(C)CCO. The molecule has 0 saturated heterocycles. The van der Waals surface area contributed by atoms with E-state index in [1.165, 1.54) is 18.2 Å². The maximum absolute atomic E-state index is 13.0. The Morgan fingerprint density at radius 2 is 2.20 bits per heavy atom. The van der Waals surface area contributed by atoms with Crippen molar-refractivity contribution in [1.82, 2.24) is 5.32 Å². The highest BCUT2D eigenvalue weighted by molar-refractivity contribution is 5.80. The number of aliphatic hydroxyl groups is 1. The Morgan fingerprint density at radius 3 is 2.80 bits per heavy atom. The molecule has 0 aliphatic carbocycles. The third kappa shape index (κ3) is 5.57. The lowest BCUT2D eigenvalue weighted by Gasteiger charge is -2.25. The van der Waals surface area contributed by atoms with Crippen molar-refractivity contribution in [3.8, 4) is 5.75 Å². The molecule has 0 aliphatic heterocycles. The number of carbonyl (C=O) groups is 1. The minimum Gasteiger partial charge on any atom is -0.481 e. The first-order valence-electron chi connectivity index (χ1n) is 6.65. The van der Waals surface area contributed by atoms with E-state index in [-0.39, 0.29) is 17.9 Å². The lowest BCUT2D eigenvalue weighted by molar-refractivity contribution is -0.127. The smallest absolute Gasteiger partial charge is 0.260 e. The summed E-state index contributed by atoms with van der Waals surface area (Å²) in [7, 11) is 0. The molecule has 0 bridgehead atoms. The van der Waals surface area contributed by atoms with Crippen LogP contribution in [0.1, 0.15) is 27.2 Å². The monoisotopic (exact) mass is 283 g/mol. The topological polar surface area (TPSA) is 58.6 Å². The molecule has 1 atom stereocenters. The highest BCUT2D eigenvalue weighted by atomic mass is 19.1. The molecule has 0 aromatic heterocycles. The normalized spacial score (nSPS) is 12.8. The fourth-order valence-corrected chi connectivity index (χ4v) is 1.66. The third-order valence-electron chi connectivity index (χ3n) is 3.01. The van der Waals surface area contributed by atoms with Crippen LogP contribution in [0.15, 0.2) is 24.3 Å². The van der Waals surface area contributed by atoms with Gasteiger partial charge in [0.25, 0.3) is 5.91 Å². The van der Waals surface area contributed by atoms with Gasteiger partial charge in [-0.05, 0) is 30.9 Å². The first-order chi connectivity index (χ1) is 9.34. The summed E-state index contributed by atoms with van der Waals surface area (Å²) in [4.78, 5) is 11.9. The van der Waals surface area contributed by atoms with Gasteiger partial charge in [0.2, 0.25) is 0 Å². The first-order valence-corrected chi connectivity index (χ1v) is 6.65. The summed E-state index contributed by atoms with van der Waals surface area (Å²) >= 11 is 0. The lowest BCUT2D eigenvalue weighted by atomic mass is 9.90. The Bertz CT molecular complexity index is 448. The minimum absolute atomic E-state index is 0.0816. The van der Waals surface area contributed by atoms with E-state index >= 15 is 0 Å². The van der Waals surface area contributed by atoms with Gasteiger partial charge in [0.1, 0.15) is 11.6 Å². The van der Waals surface area contributed by atoms with Gasteiger partial charge in [-0.2, -0.15) is 0 Å². The summed E-state index contributed by atoms with van der Waals surface area (Å²) in [5.74, 6) is -0.346. The molecule has 2 N–H and O–H groups in total. The van der Waals surface area contributed by atoms with Crippen LogP contribution >= 0.6 is 0 Å². The summed E-state index contributed by atoms with van der Waals surface area (Å²) in [6.07, 6.45) is -0.103. The van der Waals surface area contributed by atoms with Crippen LogP contribution in [0.25, 0.3) is 0 Å². The van der Waals surface area contributed by atoms with Gasteiger partial charge in [-0.3, -0.25) is 4.79 Å². The van der Waals surface area contributed by atoms with Crippen molar-refractivity contribution in [2.24, 2.45) is 5.41 Å². The molecule has 1 unspecified atom stereocenters. The molecule has 1 aromatic carbocycles. The molecule has 1 rings (SSSR count). The van der Waals surface area contributed by atoms with Gasteiger partial charge in [-0.25, -0.2) is 4.39 Å². The Hall–Kier alpha value is -1.62. The number of hydrogen-bond acceptors (Lipinski definition) is 3. The second-order valence-electron chi connectivity index (χ2n) is 5.57. The zero-order chi connectivity index (χ0) is 15.2. The minimum atomic E-state index is -0.707. The van der Waals surface area contributed by atoms with E-state index in [0.29, 0.717) is 18.7 Å². The number of carbonyl (C=O) groups excluding carboxylic acids is 1. The molecule has 1 aromatic rings. The molecule has 0 spiro atoms. The summed E-state index contributed by atoms with van der Waals surface area (Å²) in [6, 6.07) is 5.68. The van der Waals surface area contributed by atoms with Gasteiger partial charge in [-0.1, -0.05) is 19.9 Å². The van der Waals surface area contributed by atoms with E-state index in [2.05, 4.69) is 5.32 Å². The standard InChI is InChI=1S/C15H22FNO3/c1-11(20-13-6-4-5-12(16)9-13)14(19)17-10-15(2,3)7-8-18/h4-6,9,11,18H,7-8,10H2,1-3H3,(H,17,19). The Labute approximate surface area is 119 Å². The van der Waals surface area contributed by atoms with Gasteiger partial charge in [0.05, 0.1) is 0 Å². The van der Waals surface area contributed by atoms with Gasteiger partial charge >= 0.3 is 0 Å². The van der Waals surface area contributed by atoms with Crippen molar-refractivity contribution in [1.29, 1.82) is 0 Å². The average molecular weight is 283 g/mol. The molecule has 0 heterocycles. The predicted octanol–water partition coefficient (Wildman–Crippen LogP) is 2.12. The van der Waals surface area contributed by atoms with E-state index < -0.39 is 11.9 Å². The number of halogens is 1. The molecule has 20 heavy (non-hydrogen) atoms. The first kappa shape index (κ1) is 16.4. The quantitative estimate of drug-likeness (QED) is 0.806. The highest BCUT2D eigenvalue weighted by Crippen LogP contribution is 2.18. The van der Waals surface area contributed by atoms with Gasteiger partial charge in [-0.15, -0.1) is 0 Å². The second-order valence-corrected chi connectivity index (χ2v) is 5.57.